The Morgan fingerprint density at radius 1 is 1.17 bits per heavy atom. The van der Waals surface area contributed by atoms with Crippen molar-refractivity contribution in [1.29, 1.82) is 0 Å². The molecular weight excluding hydrogens is 306 g/mol. The number of amides is 1. The maximum atomic E-state index is 12.6. The summed E-state index contributed by atoms with van der Waals surface area (Å²) in [7, 11) is 4.39. The molecule has 0 aromatic heterocycles. The van der Waals surface area contributed by atoms with Crippen molar-refractivity contribution in [2.45, 2.75) is 6.10 Å². The highest BCUT2D eigenvalue weighted by Gasteiger charge is 2.30. The van der Waals surface area contributed by atoms with E-state index in [1.165, 1.54) is 38.4 Å². The predicted octanol–water partition coefficient (Wildman–Crippen LogP) is 0.638. The summed E-state index contributed by atoms with van der Waals surface area (Å²) in [6, 6.07) is 3.07. The van der Waals surface area contributed by atoms with E-state index in [2.05, 4.69) is 0 Å². The van der Waals surface area contributed by atoms with E-state index in [-0.39, 0.29) is 19.1 Å². The number of carboxylic acid groups (broad SMARTS) is 1. The second-order valence-corrected chi connectivity index (χ2v) is 4.86. The molecule has 1 atom stereocenters. The van der Waals surface area contributed by atoms with Gasteiger partial charge in [0.2, 0.25) is 5.75 Å². The van der Waals surface area contributed by atoms with Gasteiger partial charge in [-0.25, -0.2) is 4.79 Å². The quantitative estimate of drug-likeness (QED) is 0.849. The molecule has 0 bridgehead atoms. The van der Waals surface area contributed by atoms with Gasteiger partial charge in [0.15, 0.2) is 17.6 Å². The molecule has 1 aromatic rings. The summed E-state index contributed by atoms with van der Waals surface area (Å²) < 4.78 is 20.8. The van der Waals surface area contributed by atoms with Crippen LogP contribution in [0.2, 0.25) is 0 Å². The summed E-state index contributed by atoms with van der Waals surface area (Å²) in [5.41, 5.74) is 0.325. The van der Waals surface area contributed by atoms with E-state index in [9.17, 15) is 9.59 Å². The third-order valence-electron chi connectivity index (χ3n) is 3.54. The Balaban J connectivity index is 2.30. The molecule has 2 rings (SSSR count). The highest BCUT2D eigenvalue weighted by atomic mass is 16.5. The van der Waals surface area contributed by atoms with Crippen LogP contribution in [0.25, 0.3) is 0 Å². The van der Waals surface area contributed by atoms with Crippen molar-refractivity contribution in [2.24, 2.45) is 0 Å². The lowest BCUT2D eigenvalue weighted by Crippen LogP contribution is -2.48. The van der Waals surface area contributed by atoms with Gasteiger partial charge in [0.25, 0.3) is 5.91 Å². The molecule has 0 aliphatic carbocycles. The van der Waals surface area contributed by atoms with Crippen molar-refractivity contribution in [2.75, 3.05) is 41.0 Å². The zero-order valence-electron chi connectivity index (χ0n) is 13.2. The first-order valence-corrected chi connectivity index (χ1v) is 6.95. The molecule has 1 aliphatic heterocycles. The van der Waals surface area contributed by atoms with Gasteiger partial charge in [0.1, 0.15) is 0 Å². The minimum Gasteiger partial charge on any atom is -0.493 e. The third kappa shape index (κ3) is 3.48. The molecule has 1 N–H and O–H groups in total. The van der Waals surface area contributed by atoms with Gasteiger partial charge >= 0.3 is 5.97 Å². The first-order chi connectivity index (χ1) is 11.0. The number of benzene rings is 1. The number of hydrogen-bond donors (Lipinski definition) is 1. The number of rotatable bonds is 5. The molecule has 126 valence electrons. The van der Waals surface area contributed by atoms with Crippen molar-refractivity contribution in [1.82, 2.24) is 4.90 Å². The number of carbonyl (C=O) groups excluding carboxylic acids is 1. The van der Waals surface area contributed by atoms with E-state index < -0.39 is 12.1 Å². The van der Waals surface area contributed by atoms with Gasteiger partial charge in [-0.3, -0.25) is 4.79 Å². The molecule has 1 aliphatic rings. The van der Waals surface area contributed by atoms with Crippen LogP contribution in [0.4, 0.5) is 0 Å². The zero-order chi connectivity index (χ0) is 17.0. The van der Waals surface area contributed by atoms with E-state index in [1.54, 1.807) is 0 Å². The summed E-state index contributed by atoms with van der Waals surface area (Å²) >= 11 is 0. The number of methoxy groups -OCH3 is 3. The highest BCUT2D eigenvalue weighted by molar-refractivity contribution is 5.96. The fraction of sp³-hybridized carbons (Fsp3) is 0.467. The molecule has 0 spiro atoms. The maximum Gasteiger partial charge on any atom is 0.334 e. The summed E-state index contributed by atoms with van der Waals surface area (Å²) in [6.07, 6.45) is -1.02. The number of carboxylic acids is 1. The van der Waals surface area contributed by atoms with Crippen LogP contribution in [0.3, 0.4) is 0 Å². The van der Waals surface area contributed by atoms with Crippen molar-refractivity contribution < 1.29 is 33.6 Å². The van der Waals surface area contributed by atoms with Gasteiger partial charge in [-0.05, 0) is 12.1 Å². The number of morpholine rings is 1. The van der Waals surface area contributed by atoms with E-state index in [0.29, 0.717) is 29.4 Å². The maximum absolute atomic E-state index is 12.6. The normalized spacial score (nSPS) is 17.5. The molecular formula is C15H19NO7. The van der Waals surface area contributed by atoms with Crippen LogP contribution < -0.4 is 14.2 Å². The second kappa shape index (κ2) is 7.19. The molecule has 1 amide bonds. The Kier molecular flexibility index (Phi) is 5.28. The van der Waals surface area contributed by atoms with E-state index >= 15 is 0 Å². The highest BCUT2D eigenvalue weighted by Crippen LogP contribution is 2.38. The second-order valence-electron chi connectivity index (χ2n) is 4.86. The molecule has 0 saturated carbocycles. The van der Waals surface area contributed by atoms with Crippen molar-refractivity contribution in [3.63, 3.8) is 0 Å². The van der Waals surface area contributed by atoms with Crippen LogP contribution in [0.5, 0.6) is 17.2 Å². The Morgan fingerprint density at radius 2 is 1.78 bits per heavy atom. The molecule has 8 heteroatoms. The Labute approximate surface area is 133 Å². The molecule has 1 fully saturated rings. The van der Waals surface area contributed by atoms with Crippen molar-refractivity contribution in [3.05, 3.63) is 17.7 Å². The number of nitrogens with zero attached hydrogens (tertiary/aromatic N) is 1. The lowest BCUT2D eigenvalue weighted by molar-refractivity contribution is -0.154. The van der Waals surface area contributed by atoms with Gasteiger partial charge in [-0.2, -0.15) is 0 Å². The molecule has 8 nitrogen and oxygen atoms in total. The molecule has 1 unspecified atom stereocenters. The van der Waals surface area contributed by atoms with E-state index in [0.717, 1.165) is 0 Å². The predicted molar refractivity (Wildman–Crippen MR) is 79.4 cm³/mol. The van der Waals surface area contributed by atoms with Crippen LogP contribution >= 0.6 is 0 Å². The van der Waals surface area contributed by atoms with Crippen LogP contribution in [-0.2, 0) is 9.53 Å². The Morgan fingerprint density at radius 3 is 2.26 bits per heavy atom. The van der Waals surface area contributed by atoms with Gasteiger partial charge < -0.3 is 29.0 Å². The minimum atomic E-state index is -1.09. The monoisotopic (exact) mass is 325 g/mol. The third-order valence-corrected chi connectivity index (χ3v) is 3.54. The van der Waals surface area contributed by atoms with E-state index in [1.807, 2.05) is 0 Å². The Hall–Kier alpha value is -2.48. The van der Waals surface area contributed by atoms with Crippen LogP contribution in [0, 0.1) is 0 Å². The summed E-state index contributed by atoms with van der Waals surface area (Å²) in [5, 5.41) is 9.02. The van der Waals surface area contributed by atoms with Gasteiger partial charge in [0.05, 0.1) is 34.5 Å². The number of hydrogen-bond acceptors (Lipinski definition) is 6. The average molecular weight is 325 g/mol. The minimum absolute atomic E-state index is 0.00910. The standard InChI is InChI=1S/C15H19NO7/c1-20-10-6-9(7-11(21-2)13(10)22-3)14(17)16-4-5-23-12(8-16)15(18)19/h6-7,12H,4-5,8H2,1-3H3,(H,18,19). The summed E-state index contributed by atoms with van der Waals surface area (Å²) in [4.78, 5) is 25.1. The fourth-order valence-electron chi connectivity index (χ4n) is 2.37. The molecule has 1 heterocycles. The van der Waals surface area contributed by atoms with Crippen LogP contribution in [0.1, 0.15) is 10.4 Å². The molecule has 23 heavy (non-hydrogen) atoms. The van der Waals surface area contributed by atoms with Gasteiger partial charge in [0, 0.05) is 12.1 Å². The van der Waals surface area contributed by atoms with Gasteiger partial charge in [-0.1, -0.05) is 0 Å². The number of aliphatic carboxylic acids is 1. The molecule has 1 saturated heterocycles. The number of ether oxygens (including phenoxy) is 4. The molecule has 1 aromatic carbocycles. The largest absolute Gasteiger partial charge is 0.493 e. The lowest BCUT2D eigenvalue weighted by atomic mass is 10.1. The number of carbonyl (C=O) groups is 2. The average Bonchev–Trinajstić information content (AvgIpc) is 2.59. The fourth-order valence-corrected chi connectivity index (χ4v) is 2.37. The Bertz CT molecular complexity index is 576. The molecule has 0 radical (unpaired) electrons. The topological polar surface area (TPSA) is 94.5 Å². The lowest BCUT2D eigenvalue weighted by Gasteiger charge is -2.31. The van der Waals surface area contributed by atoms with Crippen molar-refractivity contribution in [3.8, 4) is 17.2 Å². The van der Waals surface area contributed by atoms with E-state index in [4.69, 9.17) is 24.1 Å². The zero-order valence-corrected chi connectivity index (χ0v) is 13.2. The first-order valence-electron chi connectivity index (χ1n) is 6.95. The summed E-state index contributed by atoms with van der Waals surface area (Å²) in [6.45, 7) is 0.483. The van der Waals surface area contributed by atoms with Gasteiger partial charge in [-0.15, -0.1) is 0 Å². The van der Waals surface area contributed by atoms with Crippen LogP contribution in [0.15, 0.2) is 12.1 Å². The summed E-state index contributed by atoms with van der Waals surface area (Å²) in [5.74, 6) is -0.306. The van der Waals surface area contributed by atoms with Crippen molar-refractivity contribution >= 4 is 11.9 Å². The first kappa shape index (κ1) is 16.9. The van der Waals surface area contributed by atoms with Crippen LogP contribution in [-0.4, -0.2) is 69.0 Å². The smallest absolute Gasteiger partial charge is 0.334 e. The SMILES string of the molecule is COc1cc(C(=O)N2CCOC(C(=O)O)C2)cc(OC)c1OC.